The maximum absolute atomic E-state index is 11.9. The lowest BCUT2D eigenvalue weighted by molar-refractivity contribution is 0.588. The van der Waals surface area contributed by atoms with Crippen molar-refractivity contribution in [3.63, 3.8) is 0 Å². The number of aromatic amines is 1. The molecule has 0 fully saturated rings. The first-order chi connectivity index (χ1) is 9.35. The molecule has 108 valence electrons. The number of sulfonamides is 2. The fraction of sp³-hybridized carbons (Fsp3) is 0.100. The summed E-state index contributed by atoms with van der Waals surface area (Å²) in [5.41, 5.74) is 0.245. The molecule has 0 radical (unpaired) electrons. The van der Waals surface area contributed by atoms with Crippen LogP contribution in [0.2, 0.25) is 0 Å². The summed E-state index contributed by atoms with van der Waals surface area (Å²) in [5.74, 6) is 0. The molecule has 0 aliphatic rings. The Morgan fingerprint density at radius 2 is 1.65 bits per heavy atom. The number of nitrogens with zero attached hydrogens (tertiary/aromatic N) is 1. The van der Waals surface area contributed by atoms with Crippen LogP contribution >= 0.6 is 0 Å². The minimum Gasteiger partial charge on any atom is -0.278 e. The van der Waals surface area contributed by atoms with E-state index in [1.807, 2.05) is 0 Å². The monoisotopic (exact) mass is 316 g/mol. The molecule has 3 N–H and O–H groups in total. The van der Waals surface area contributed by atoms with Crippen LogP contribution in [-0.2, 0) is 20.0 Å². The molecule has 0 unspecified atom stereocenters. The molecule has 1 heterocycles. The highest BCUT2D eigenvalue weighted by molar-refractivity contribution is 7.92. The third-order valence-electron chi connectivity index (χ3n) is 2.45. The molecule has 1 aromatic heterocycles. The summed E-state index contributed by atoms with van der Waals surface area (Å²) in [7, 11) is -6.01. The molecular formula is C10H12N4O4S2. The van der Waals surface area contributed by atoms with Gasteiger partial charge in [0.1, 0.15) is 0 Å². The Labute approximate surface area is 116 Å². The molecule has 20 heavy (non-hydrogen) atoms. The highest BCUT2D eigenvalue weighted by Gasteiger charge is 2.16. The second-order valence-electron chi connectivity index (χ2n) is 3.76. The average Bonchev–Trinajstić information content (AvgIpc) is 2.93. The molecule has 0 aliphatic carbocycles. The van der Waals surface area contributed by atoms with Crippen LogP contribution in [0.1, 0.15) is 0 Å². The molecule has 0 aliphatic heterocycles. The molecule has 2 aromatic rings. The van der Waals surface area contributed by atoms with E-state index in [1.54, 1.807) is 0 Å². The first-order valence-electron chi connectivity index (χ1n) is 5.41. The van der Waals surface area contributed by atoms with Gasteiger partial charge in [0, 0.05) is 5.69 Å². The molecule has 0 bridgehead atoms. The van der Waals surface area contributed by atoms with Crippen molar-refractivity contribution in [3.05, 3.63) is 36.5 Å². The summed E-state index contributed by atoms with van der Waals surface area (Å²) in [6, 6.07) is 6.63. The van der Waals surface area contributed by atoms with Crippen molar-refractivity contribution in [3.8, 4) is 0 Å². The second kappa shape index (κ2) is 5.23. The summed E-state index contributed by atoms with van der Waals surface area (Å²) in [6.07, 6.45) is 1.32. The SMILES string of the molecule is CNS(=O)(=O)c1ccc(NS(=O)(=O)c2ccn[nH]2)cc1. The van der Waals surface area contributed by atoms with E-state index in [-0.39, 0.29) is 15.6 Å². The average molecular weight is 316 g/mol. The molecule has 10 heteroatoms. The van der Waals surface area contributed by atoms with Gasteiger partial charge in [-0.25, -0.2) is 13.1 Å². The number of rotatable bonds is 5. The highest BCUT2D eigenvalue weighted by atomic mass is 32.2. The smallest absolute Gasteiger partial charge is 0.278 e. The van der Waals surface area contributed by atoms with Crippen LogP contribution in [-0.4, -0.2) is 34.1 Å². The minimum absolute atomic E-state index is 0.0458. The summed E-state index contributed by atoms with van der Waals surface area (Å²) in [5, 5.41) is 5.81. The Hall–Kier alpha value is -1.91. The zero-order valence-corrected chi connectivity index (χ0v) is 12.0. The lowest BCUT2D eigenvalue weighted by Gasteiger charge is -2.07. The van der Waals surface area contributed by atoms with E-state index in [4.69, 9.17) is 0 Å². The van der Waals surface area contributed by atoms with Gasteiger partial charge in [0.15, 0.2) is 5.03 Å². The summed E-state index contributed by atoms with van der Waals surface area (Å²) in [4.78, 5) is 0.0458. The zero-order valence-electron chi connectivity index (χ0n) is 10.4. The Balaban J connectivity index is 2.25. The summed E-state index contributed by atoms with van der Waals surface area (Å²) >= 11 is 0. The zero-order chi connectivity index (χ0) is 14.8. The van der Waals surface area contributed by atoms with Gasteiger partial charge in [-0.1, -0.05) is 0 Å². The van der Waals surface area contributed by atoms with Gasteiger partial charge in [0.25, 0.3) is 10.0 Å². The molecule has 0 saturated heterocycles. The molecule has 8 nitrogen and oxygen atoms in total. The van der Waals surface area contributed by atoms with Crippen LogP contribution in [0.4, 0.5) is 5.69 Å². The topological polar surface area (TPSA) is 121 Å². The number of benzene rings is 1. The van der Waals surface area contributed by atoms with Gasteiger partial charge in [-0.15, -0.1) is 0 Å². The molecule has 1 aromatic carbocycles. The maximum Gasteiger partial charge on any atom is 0.278 e. The maximum atomic E-state index is 11.9. The fourth-order valence-electron chi connectivity index (χ4n) is 1.42. The van der Waals surface area contributed by atoms with Crippen molar-refractivity contribution in [2.24, 2.45) is 0 Å². The first-order valence-corrected chi connectivity index (χ1v) is 8.37. The number of nitrogens with one attached hydrogen (secondary N) is 3. The van der Waals surface area contributed by atoms with E-state index >= 15 is 0 Å². The number of hydrogen-bond donors (Lipinski definition) is 3. The summed E-state index contributed by atoms with van der Waals surface area (Å²) < 4.78 is 51.3. The van der Waals surface area contributed by atoms with E-state index in [0.717, 1.165) is 0 Å². The van der Waals surface area contributed by atoms with Crippen molar-refractivity contribution in [2.75, 3.05) is 11.8 Å². The minimum atomic E-state index is -3.76. The Morgan fingerprint density at radius 3 is 2.15 bits per heavy atom. The van der Waals surface area contributed by atoms with Crippen molar-refractivity contribution in [2.45, 2.75) is 9.92 Å². The van der Waals surface area contributed by atoms with E-state index < -0.39 is 20.0 Å². The Morgan fingerprint density at radius 1 is 1.00 bits per heavy atom. The van der Waals surface area contributed by atoms with Gasteiger partial charge in [-0.05, 0) is 37.4 Å². The lowest BCUT2D eigenvalue weighted by Crippen LogP contribution is -2.18. The highest BCUT2D eigenvalue weighted by Crippen LogP contribution is 2.17. The predicted octanol–water partition coefficient (Wildman–Crippen LogP) is 0.119. The van der Waals surface area contributed by atoms with Crippen LogP contribution in [0.3, 0.4) is 0 Å². The normalized spacial score (nSPS) is 12.2. The molecule has 0 spiro atoms. The van der Waals surface area contributed by atoms with Gasteiger partial charge in [0.2, 0.25) is 10.0 Å². The Kier molecular flexibility index (Phi) is 3.79. The van der Waals surface area contributed by atoms with Crippen LogP contribution in [0.15, 0.2) is 46.5 Å². The molecule has 0 amide bonds. The Bertz CT molecular complexity index is 780. The molecule has 0 saturated carbocycles. The first kappa shape index (κ1) is 14.5. The predicted molar refractivity (Wildman–Crippen MR) is 72.1 cm³/mol. The van der Waals surface area contributed by atoms with E-state index in [1.165, 1.54) is 43.6 Å². The van der Waals surface area contributed by atoms with E-state index in [9.17, 15) is 16.8 Å². The summed E-state index contributed by atoms with van der Waals surface area (Å²) in [6.45, 7) is 0. The number of hydrogen-bond acceptors (Lipinski definition) is 5. The number of aromatic nitrogens is 2. The fourth-order valence-corrected chi connectivity index (χ4v) is 3.12. The van der Waals surface area contributed by atoms with Gasteiger partial charge in [-0.2, -0.15) is 13.5 Å². The lowest BCUT2D eigenvalue weighted by atomic mass is 10.3. The van der Waals surface area contributed by atoms with Crippen molar-refractivity contribution < 1.29 is 16.8 Å². The molecular weight excluding hydrogens is 304 g/mol. The van der Waals surface area contributed by atoms with Crippen molar-refractivity contribution in [1.82, 2.24) is 14.9 Å². The van der Waals surface area contributed by atoms with Gasteiger partial charge in [0.05, 0.1) is 11.1 Å². The van der Waals surface area contributed by atoms with Crippen molar-refractivity contribution >= 4 is 25.7 Å². The molecule has 0 atom stereocenters. The number of anilines is 1. The largest absolute Gasteiger partial charge is 0.278 e. The van der Waals surface area contributed by atoms with Crippen molar-refractivity contribution in [1.29, 1.82) is 0 Å². The number of H-pyrrole nitrogens is 1. The van der Waals surface area contributed by atoms with Gasteiger partial charge < -0.3 is 0 Å². The second-order valence-corrected chi connectivity index (χ2v) is 7.30. The quantitative estimate of drug-likeness (QED) is 0.723. The van der Waals surface area contributed by atoms with Gasteiger partial charge >= 0.3 is 0 Å². The van der Waals surface area contributed by atoms with Crippen LogP contribution in [0, 0.1) is 0 Å². The van der Waals surface area contributed by atoms with E-state index in [2.05, 4.69) is 19.6 Å². The van der Waals surface area contributed by atoms with Gasteiger partial charge in [-0.3, -0.25) is 9.82 Å². The standard InChI is InChI=1S/C10H12N4O4S2/c1-11-19(15,16)9-4-2-8(3-5-9)14-20(17,18)10-6-7-12-13-10/h2-7,11,14H,1H3,(H,12,13). The molecule has 2 rings (SSSR count). The van der Waals surface area contributed by atoms with Crippen LogP contribution in [0.25, 0.3) is 0 Å². The third-order valence-corrected chi connectivity index (χ3v) is 5.19. The van der Waals surface area contributed by atoms with Crippen LogP contribution < -0.4 is 9.44 Å². The van der Waals surface area contributed by atoms with E-state index in [0.29, 0.717) is 0 Å². The third kappa shape index (κ3) is 2.98. The van der Waals surface area contributed by atoms with Crippen LogP contribution in [0.5, 0.6) is 0 Å².